The van der Waals surface area contributed by atoms with E-state index in [0.717, 1.165) is 41.3 Å². The van der Waals surface area contributed by atoms with Gasteiger partial charge in [0.15, 0.2) is 0 Å². The molecule has 1 aliphatic heterocycles. The minimum absolute atomic E-state index is 0.0307. The monoisotopic (exact) mass is 524 g/mol. The van der Waals surface area contributed by atoms with Crippen molar-refractivity contribution in [2.24, 2.45) is 16.3 Å². The van der Waals surface area contributed by atoms with Gasteiger partial charge in [0, 0.05) is 10.0 Å². The fraction of sp³-hybridized carbons (Fsp3) is 0.464. The van der Waals surface area contributed by atoms with Crippen LogP contribution in [0.5, 0.6) is 0 Å². The van der Waals surface area contributed by atoms with E-state index >= 15 is 0 Å². The first-order valence-corrected chi connectivity index (χ1v) is 12.7. The Balaban J connectivity index is 1.71. The molecule has 0 N–H and O–H groups in total. The first-order chi connectivity index (χ1) is 16.1. The van der Waals surface area contributed by atoms with Crippen molar-refractivity contribution in [2.45, 2.75) is 65.1 Å². The van der Waals surface area contributed by atoms with Gasteiger partial charge >= 0.3 is 5.97 Å². The third-order valence-corrected chi connectivity index (χ3v) is 7.99. The second-order valence-corrected chi connectivity index (χ2v) is 11.5. The first-order valence-electron chi connectivity index (χ1n) is 11.9. The summed E-state index contributed by atoms with van der Waals surface area (Å²) in [6, 6.07) is 15.0. The van der Waals surface area contributed by atoms with Crippen LogP contribution < -0.4 is 0 Å². The number of hydrogen-bond acceptors (Lipinski definition) is 4. The smallest absolute Gasteiger partial charge is 0.337 e. The molecule has 2 aliphatic rings. The summed E-state index contributed by atoms with van der Waals surface area (Å²) in [6.45, 7) is 8.96. The Morgan fingerprint density at radius 3 is 2.35 bits per heavy atom. The molecule has 2 aromatic carbocycles. The number of carbonyl (C=O) groups excluding carboxylic acids is 2. The van der Waals surface area contributed by atoms with Crippen molar-refractivity contribution in [3.05, 3.63) is 69.7 Å². The molecule has 5 nitrogen and oxygen atoms in total. The number of aliphatic imine (C=N–C) groups is 1. The highest BCUT2D eigenvalue weighted by Gasteiger charge is 2.51. The molecule has 34 heavy (non-hydrogen) atoms. The van der Waals surface area contributed by atoms with Gasteiger partial charge in [-0.25, -0.2) is 4.79 Å². The Kier molecular flexibility index (Phi) is 6.74. The van der Waals surface area contributed by atoms with Crippen LogP contribution >= 0.6 is 15.9 Å². The molecule has 1 aliphatic carbocycles. The van der Waals surface area contributed by atoms with Gasteiger partial charge in [0.05, 0.1) is 18.7 Å². The number of benzene rings is 2. The van der Waals surface area contributed by atoms with E-state index < -0.39 is 5.66 Å². The lowest BCUT2D eigenvalue weighted by Gasteiger charge is -2.46. The van der Waals surface area contributed by atoms with Crippen LogP contribution in [0.15, 0.2) is 58.0 Å². The Morgan fingerprint density at radius 1 is 1.15 bits per heavy atom. The quantitative estimate of drug-likeness (QED) is 0.425. The number of methoxy groups -OCH3 is 1. The summed E-state index contributed by atoms with van der Waals surface area (Å²) in [6.07, 6.45) is 3.78. The van der Waals surface area contributed by atoms with Crippen molar-refractivity contribution < 1.29 is 14.3 Å². The second kappa shape index (κ2) is 9.29. The maximum atomic E-state index is 13.9. The Bertz CT molecular complexity index is 1110. The molecule has 1 saturated carbocycles. The lowest BCUT2D eigenvalue weighted by Crippen LogP contribution is -2.50. The van der Waals surface area contributed by atoms with E-state index in [1.807, 2.05) is 41.3 Å². The SMILES string of the molecule is COC(=O)c1ccc([C@@H](C)N2C(=O)C(c3cccc(Br)c3)=NC23CCC(C(C)(C)C)CC3)cc1. The largest absolute Gasteiger partial charge is 0.465 e. The zero-order valence-electron chi connectivity index (χ0n) is 20.6. The molecular formula is C28H33BrN2O3. The molecule has 1 fully saturated rings. The lowest BCUT2D eigenvalue weighted by molar-refractivity contribution is -0.132. The van der Waals surface area contributed by atoms with Gasteiger partial charge in [0.2, 0.25) is 0 Å². The van der Waals surface area contributed by atoms with Crippen molar-refractivity contribution in [3.63, 3.8) is 0 Å². The zero-order valence-corrected chi connectivity index (χ0v) is 22.2. The molecule has 1 atom stereocenters. The summed E-state index contributed by atoms with van der Waals surface area (Å²) in [4.78, 5) is 33.0. The molecule has 2 aromatic rings. The number of amides is 1. The fourth-order valence-electron chi connectivity index (χ4n) is 5.44. The zero-order chi connectivity index (χ0) is 24.7. The molecule has 0 bridgehead atoms. The van der Waals surface area contributed by atoms with Crippen LogP contribution in [0.3, 0.4) is 0 Å². The Morgan fingerprint density at radius 2 is 1.79 bits per heavy atom. The second-order valence-electron chi connectivity index (χ2n) is 10.6. The van der Waals surface area contributed by atoms with Gasteiger partial charge in [-0.1, -0.05) is 61.0 Å². The van der Waals surface area contributed by atoms with Gasteiger partial charge in [-0.3, -0.25) is 9.79 Å². The van der Waals surface area contributed by atoms with Crippen molar-refractivity contribution in [1.82, 2.24) is 4.90 Å². The molecule has 0 aromatic heterocycles. The van der Waals surface area contributed by atoms with Crippen molar-refractivity contribution >= 4 is 33.5 Å². The number of ether oxygens (including phenoxy) is 1. The minimum atomic E-state index is -0.545. The number of halogens is 1. The average molecular weight is 525 g/mol. The van der Waals surface area contributed by atoms with E-state index in [4.69, 9.17) is 9.73 Å². The number of rotatable bonds is 4. The van der Waals surface area contributed by atoms with E-state index in [-0.39, 0.29) is 23.3 Å². The van der Waals surface area contributed by atoms with E-state index in [0.29, 0.717) is 17.2 Å². The predicted molar refractivity (Wildman–Crippen MR) is 138 cm³/mol. The molecule has 0 unspecified atom stereocenters. The summed E-state index contributed by atoms with van der Waals surface area (Å²) in [5.74, 6) is 0.209. The maximum absolute atomic E-state index is 13.9. The van der Waals surface area contributed by atoms with Crippen LogP contribution in [-0.2, 0) is 9.53 Å². The number of nitrogens with zero attached hydrogens (tertiary/aromatic N) is 2. The van der Waals surface area contributed by atoms with Crippen LogP contribution in [0.4, 0.5) is 0 Å². The first kappa shape index (κ1) is 24.6. The molecule has 1 heterocycles. The van der Waals surface area contributed by atoms with Crippen molar-refractivity contribution in [3.8, 4) is 0 Å². The molecule has 1 spiro atoms. The van der Waals surface area contributed by atoms with E-state index in [1.54, 1.807) is 12.1 Å². The minimum Gasteiger partial charge on any atom is -0.465 e. The highest BCUT2D eigenvalue weighted by molar-refractivity contribution is 9.10. The third kappa shape index (κ3) is 4.57. The van der Waals surface area contributed by atoms with E-state index in [1.165, 1.54) is 7.11 Å². The number of carbonyl (C=O) groups is 2. The highest BCUT2D eigenvalue weighted by atomic mass is 79.9. The molecule has 0 saturated heterocycles. The summed E-state index contributed by atoms with van der Waals surface area (Å²) >= 11 is 3.53. The van der Waals surface area contributed by atoms with E-state index in [9.17, 15) is 9.59 Å². The summed E-state index contributed by atoms with van der Waals surface area (Å²) in [5.41, 5.74) is 2.54. The third-order valence-electron chi connectivity index (χ3n) is 7.50. The van der Waals surface area contributed by atoms with Gasteiger partial charge < -0.3 is 9.64 Å². The normalized spacial score (nSPS) is 23.7. The number of hydrogen-bond donors (Lipinski definition) is 0. The maximum Gasteiger partial charge on any atom is 0.337 e. The fourth-order valence-corrected chi connectivity index (χ4v) is 5.84. The van der Waals surface area contributed by atoms with Gasteiger partial charge in [0.25, 0.3) is 5.91 Å². The van der Waals surface area contributed by atoms with Gasteiger partial charge in [-0.15, -0.1) is 0 Å². The van der Waals surface area contributed by atoms with Crippen LogP contribution in [-0.4, -0.2) is 35.3 Å². The van der Waals surface area contributed by atoms with Gasteiger partial charge in [-0.2, -0.15) is 0 Å². The summed E-state index contributed by atoms with van der Waals surface area (Å²) in [5, 5.41) is 0. The molecule has 0 radical (unpaired) electrons. The number of esters is 1. The molecular weight excluding hydrogens is 492 g/mol. The molecule has 6 heteroatoms. The summed E-state index contributed by atoms with van der Waals surface area (Å²) in [7, 11) is 1.38. The van der Waals surface area contributed by atoms with Crippen LogP contribution in [0.25, 0.3) is 0 Å². The van der Waals surface area contributed by atoms with Gasteiger partial charge in [-0.05, 0) is 73.8 Å². The van der Waals surface area contributed by atoms with Gasteiger partial charge in [0.1, 0.15) is 11.4 Å². The standard InChI is InChI=1S/C28H33BrN2O3/c1-18(19-9-11-20(12-10-19)26(33)34-5)31-25(32)24(21-7-6-8-23(29)17-21)30-28(31)15-13-22(14-16-28)27(2,3)4/h6-12,17-18,22H,13-16H2,1-5H3/t18-,22?,28?/m1/s1. The molecule has 1 amide bonds. The topological polar surface area (TPSA) is 59.0 Å². The van der Waals surface area contributed by atoms with Crippen molar-refractivity contribution in [1.29, 1.82) is 0 Å². The summed E-state index contributed by atoms with van der Waals surface area (Å²) < 4.78 is 5.75. The molecule has 180 valence electrons. The van der Waals surface area contributed by atoms with Crippen molar-refractivity contribution in [2.75, 3.05) is 7.11 Å². The van der Waals surface area contributed by atoms with E-state index in [2.05, 4.69) is 43.6 Å². The Labute approximate surface area is 210 Å². The van der Waals surface area contributed by atoms with Crippen LogP contribution in [0.1, 0.15) is 80.9 Å². The van der Waals surface area contributed by atoms with Crippen LogP contribution in [0.2, 0.25) is 0 Å². The predicted octanol–water partition coefficient (Wildman–Crippen LogP) is 6.56. The molecule has 4 rings (SSSR count). The van der Waals surface area contributed by atoms with Crippen LogP contribution in [0, 0.1) is 11.3 Å². The average Bonchev–Trinajstić information content (AvgIpc) is 3.09. The Hall–Kier alpha value is -2.47. The highest BCUT2D eigenvalue weighted by Crippen LogP contribution is 2.49. The lowest BCUT2D eigenvalue weighted by atomic mass is 9.69.